The Morgan fingerprint density at radius 2 is 1.68 bits per heavy atom. The molecule has 0 N–H and O–H groups in total. The van der Waals surface area contributed by atoms with Crippen molar-refractivity contribution < 1.29 is 22.8 Å². The molecule has 220 valence electrons. The number of hydrogen-bond donors (Lipinski definition) is 0. The van der Waals surface area contributed by atoms with E-state index < -0.39 is 17.6 Å². The van der Waals surface area contributed by atoms with Crippen molar-refractivity contribution >= 4 is 23.4 Å². The van der Waals surface area contributed by atoms with E-state index in [1.165, 1.54) is 17.0 Å². The zero-order valence-electron chi connectivity index (χ0n) is 23.5. The molecule has 0 radical (unpaired) electrons. The van der Waals surface area contributed by atoms with Gasteiger partial charge < -0.3 is 14.4 Å². The molecular formula is C32H37ClF3N3O2. The molecule has 3 aromatic rings. The van der Waals surface area contributed by atoms with Crippen molar-refractivity contribution in [2.75, 3.05) is 6.54 Å². The Morgan fingerprint density at radius 3 is 2.32 bits per heavy atom. The maximum Gasteiger partial charge on any atom is 0.416 e. The van der Waals surface area contributed by atoms with Crippen LogP contribution >= 0.6 is 11.6 Å². The Morgan fingerprint density at radius 1 is 1.00 bits per heavy atom. The first kappa shape index (κ1) is 30.7. The molecule has 4 rings (SSSR count). The summed E-state index contributed by atoms with van der Waals surface area (Å²) in [4.78, 5) is 30.9. The normalized spacial score (nSPS) is 15.0. The Balaban J connectivity index is 1.57. The van der Waals surface area contributed by atoms with Crippen LogP contribution in [0.4, 0.5) is 13.2 Å². The molecule has 0 bridgehead atoms. The lowest BCUT2D eigenvalue weighted by molar-refractivity contribution is -0.137. The summed E-state index contributed by atoms with van der Waals surface area (Å²) in [6.45, 7) is 4.60. The van der Waals surface area contributed by atoms with Gasteiger partial charge in [-0.05, 0) is 74.2 Å². The van der Waals surface area contributed by atoms with E-state index in [9.17, 15) is 22.8 Å². The first-order chi connectivity index (χ1) is 19.6. The molecule has 1 fully saturated rings. The third-order valence-corrected chi connectivity index (χ3v) is 8.41. The fourth-order valence-corrected chi connectivity index (χ4v) is 5.59. The fraction of sp³-hybridized carbons (Fsp3) is 0.438. The topological polar surface area (TPSA) is 45.6 Å². The number of carbonyl (C=O) groups excluding carboxylic acids is 2. The molecule has 0 spiro atoms. The lowest BCUT2D eigenvalue weighted by Crippen LogP contribution is -2.49. The number of halogens is 4. The van der Waals surface area contributed by atoms with Crippen LogP contribution in [0.2, 0.25) is 5.02 Å². The average molecular weight is 588 g/mol. The predicted molar refractivity (Wildman–Crippen MR) is 155 cm³/mol. The van der Waals surface area contributed by atoms with Gasteiger partial charge in [0.15, 0.2) is 0 Å². The number of carbonyl (C=O) groups is 2. The predicted octanol–water partition coefficient (Wildman–Crippen LogP) is 7.81. The van der Waals surface area contributed by atoms with Crippen LogP contribution in [0.1, 0.15) is 79.6 Å². The van der Waals surface area contributed by atoms with Crippen LogP contribution in [-0.4, -0.2) is 44.8 Å². The van der Waals surface area contributed by atoms with E-state index in [2.05, 4.69) is 4.57 Å². The van der Waals surface area contributed by atoms with Crippen LogP contribution in [0.5, 0.6) is 0 Å². The molecule has 1 heterocycles. The minimum absolute atomic E-state index is 0.0554. The molecule has 1 saturated carbocycles. The highest BCUT2D eigenvalue weighted by atomic mass is 35.5. The van der Waals surface area contributed by atoms with Crippen LogP contribution in [0.15, 0.2) is 66.9 Å². The zero-order chi connectivity index (χ0) is 29.6. The van der Waals surface area contributed by atoms with Crippen LogP contribution in [0.3, 0.4) is 0 Å². The van der Waals surface area contributed by atoms with Crippen molar-refractivity contribution in [1.29, 1.82) is 0 Å². The quantitative estimate of drug-likeness (QED) is 0.243. The second kappa shape index (κ2) is 13.6. The second-order valence-corrected chi connectivity index (χ2v) is 11.2. The summed E-state index contributed by atoms with van der Waals surface area (Å²) < 4.78 is 41.3. The lowest BCUT2D eigenvalue weighted by atomic mass is 9.94. The lowest BCUT2D eigenvalue weighted by Gasteiger charge is -2.37. The van der Waals surface area contributed by atoms with E-state index in [4.69, 9.17) is 11.6 Å². The highest BCUT2D eigenvalue weighted by Crippen LogP contribution is 2.30. The summed E-state index contributed by atoms with van der Waals surface area (Å²) in [5.41, 5.74) is 1.26. The van der Waals surface area contributed by atoms with Gasteiger partial charge in [0.05, 0.1) is 12.1 Å². The van der Waals surface area contributed by atoms with Gasteiger partial charge in [-0.25, -0.2) is 0 Å². The largest absolute Gasteiger partial charge is 0.416 e. The Bertz CT molecular complexity index is 1320. The Hall–Kier alpha value is -3.26. The van der Waals surface area contributed by atoms with Gasteiger partial charge in [-0.2, -0.15) is 13.2 Å². The minimum Gasteiger partial charge on any atom is -0.345 e. The molecule has 1 aromatic heterocycles. The van der Waals surface area contributed by atoms with Crippen LogP contribution in [0.25, 0.3) is 0 Å². The van der Waals surface area contributed by atoms with Gasteiger partial charge in [-0.15, -0.1) is 0 Å². The van der Waals surface area contributed by atoms with Gasteiger partial charge >= 0.3 is 6.18 Å². The molecule has 2 amide bonds. The van der Waals surface area contributed by atoms with Gasteiger partial charge in [-0.3, -0.25) is 9.59 Å². The molecule has 5 nitrogen and oxygen atoms in total. The Kier molecular flexibility index (Phi) is 10.2. The molecule has 2 aromatic carbocycles. The first-order valence-corrected chi connectivity index (χ1v) is 14.6. The summed E-state index contributed by atoms with van der Waals surface area (Å²) in [7, 11) is 0. The van der Waals surface area contributed by atoms with E-state index in [1.807, 2.05) is 61.3 Å². The summed E-state index contributed by atoms with van der Waals surface area (Å²) in [6.07, 6.45) is 3.08. The van der Waals surface area contributed by atoms with E-state index in [-0.39, 0.29) is 30.1 Å². The number of alkyl halides is 3. The molecule has 41 heavy (non-hydrogen) atoms. The van der Waals surface area contributed by atoms with Crippen LogP contribution in [0, 0.1) is 0 Å². The maximum atomic E-state index is 14.0. The van der Waals surface area contributed by atoms with E-state index in [0.717, 1.165) is 55.5 Å². The van der Waals surface area contributed by atoms with Gasteiger partial charge in [0.25, 0.3) is 5.91 Å². The molecule has 1 aliphatic carbocycles. The highest BCUT2D eigenvalue weighted by molar-refractivity contribution is 6.31. The van der Waals surface area contributed by atoms with E-state index >= 15 is 0 Å². The maximum absolute atomic E-state index is 14.0. The monoisotopic (exact) mass is 587 g/mol. The summed E-state index contributed by atoms with van der Waals surface area (Å²) in [5, 5.41) is 0.679. The molecule has 9 heteroatoms. The van der Waals surface area contributed by atoms with Gasteiger partial charge in [0.1, 0.15) is 6.54 Å². The highest BCUT2D eigenvalue weighted by Gasteiger charge is 2.32. The fourth-order valence-electron chi connectivity index (χ4n) is 5.40. The number of hydrogen-bond acceptors (Lipinski definition) is 2. The number of amides is 2. The van der Waals surface area contributed by atoms with Crippen molar-refractivity contribution in [2.24, 2.45) is 0 Å². The van der Waals surface area contributed by atoms with Crippen LogP contribution < -0.4 is 0 Å². The number of nitrogens with zero attached hydrogens (tertiary/aromatic N) is 3. The number of rotatable bonds is 10. The van der Waals surface area contributed by atoms with Crippen molar-refractivity contribution in [3.05, 3.63) is 94.3 Å². The molecular weight excluding hydrogens is 551 g/mol. The second-order valence-electron chi connectivity index (χ2n) is 10.8. The summed E-state index contributed by atoms with van der Waals surface area (Å²) >= 11 is 6.41. The third kappa shape index (κ3) is 7.73. The number of aromatic nitrogens is 1. The van der Waals surface area contributed by atoms with Gasteiger partial charge in [0, 0.05) is 41.1 Å². The van der Waals surface area contributed by atoms with Crippen molar-refractivity contribution in [3.63, 3.8) is 0 Å². The molecule has 1 aliphatic rings. The third-order valence-electron chi connectivity index (χ3n) is 8.04. The average Bonchev–Trinajstić information content (AvgIpc) is 3.41. The molecule has 0 aliphatic heterocycles. The van der Waals surface area contributed by atoms with Crippen molar-refractivity contribution in [2.45, 2.75) is 83.7 Å². The standard InChI is InChI=1S/C32H37ClF3N3O2/c1-3-23(2)38(31(41)24-15-17-26(18-16-24)32(34,35)36)22-30(40)39(27-11-5-4-6-12-27)21-28-13-9-19-37(28)20-25-10-7-8-14-29(25)33/h7-10,13-19,23,27H,3-6,11-12,20-22H2,1-2H3/t23-/m1/s1. The van der Waals surface area contributed by atoms with Gasteiger partial charge in [0.2, 0.25) is 5.91 Å². The SMILES string of the molecule is CC[C@@H](C)N(CC(=O)N(Cc1cccn1Cc1ccccc1Cl)C1CCCCC1)C(=O)c1ccc(C(F)(F)F)cc1. The summed E-state index contributed by atoms with van der Waals surface area (Å²) in [6, 6.07) is 15.6. The molecule has 1 atom stereocenters. The Labute approximate surface area is 244 Å². The smallest absolute Gasteiger partial charge is 0.345 e. The zero-order valence-corrected chi connectivity index (χ0v) is 24.3. The number of benzene rings is 2. The van der Waals surface area contributed by atoms with Crippen molar-refractivity contribution in [3.8, 4) is 0 Å². The van der Waals surface area contributed by atoms with E-state index in [1.54, 1.807) is 0 Å². The first-order valence-electron chi connectivity index (χ1n) is 14.2. The van der Waals surface area contributed by atoms with Crippen LogP contribution in [-0.2, 0) is 24.1 Å². The molecule has 0 unspecified atom stereocenters. The van der Waals surface area contributed by atoms with Gasteiger partial charge in [-0.1, -0.05) is 56.0 Å². The summed E-state index contributed by atoms with van der Waals surface area (Å²) in [5.74, 6) is -0.616. The molecule has 0 saturated heterocycles. The minimum atomic E-state index is -4.49. The van der Waals surface area contributed by atoms with E-state index in [0.29, 0.717) is 24.5 Å². The van der Waals surface area contributed by atoms with Crippen molar-refractivity contribution in [1.82, 2.24) is 14.4 Å².